The number of ketones is 1. The number of carbonyl (C=O) groups excluding carboxylic acids is 1. The van der Waals surface area contributed by atoms with Crippen LogP contribution in [-0.2, 0) is 4.79 Å². The van der Waals surface area contributed by atoms with Gasteiger partial charge in [0.15, 0.2) is 5.78 Å². The maximum atomic E-state index is 12.0. The van der Waals surface area contributed by atoms with Crippen molar-refractivity contribution >= 4 is 5.78 Å². The van der Waals surface area contributed by atoms with Gasteiger partial charge in [-0.05, 0) is 37.0 Å². The van der Waals surface area contributed by atoms with Crippen LogP contribution in [0.1, 0.15) is 55.2 Å². The Bertz CT molecular complexity index is 457. The molecule has 0 bridgehead atoms. The molecule has 0 amide bonds. The fourth-order valence-electron chi connectivity index (χ4n) is 1.97. The second-order valence-electron chi connectivity index (χ2n) is 4.83. The number of hydrogen-bond acceptors (Lipinski definition) is 2. The molecule has 0 aliphatic rings. The van der Waals surface area contributed by atoms with E-state index in [0.29, 0.717) is 6.42 Å². The van der Waals surface area contributed by atoms with Gasteiger partial charge in [0.1, 0.15) is 5.92 Å². The van der Waals surface area contributed by atoms with Gasteiger partial charge in [-0.25, -0.2) is 0 Å². The van der Waals surface area contributed by atoms with Crippen molar-refractivity contribution in [3.8, 4) is 6.07 Å². The van der Waals surface area contributed by atoms with E-state index >= 15 is 0 Å². The third-order valence-electron chi connectivity index (χ3n) is 3.34. The van der Waals surface area contributed by atoms with Crippen LogP contribution in [0.5, 0.6) is 0 Å². The molecule has 1 atom stereocenters. The molecule has 0 aliphatic heterocycles. The number of nitriles is 1. The molecule has 0 N–H and O–H groups in total. The lowest BCUT2D eigenvalue weighted by Gasteiger charge is -2.10. The molecule has 1 rings (SSSR count). The Morgan fingerprint density at radius 2 is 2.00 bits per heavy atom. The maximum Gasteiger partial charge on any atom is 0.154 e. The van der Waals surface area contributed by atoms with E-state index in [2.05, 4.69) is 13.0 Å². The molecule has 0 heterocycles. The molecular formula is C16H21NO. The first-order valence-electron chi connectivity index (χ1n) is 6.59. The van der Waals surface area contributed by atoms with E-state index in [9.17, 15) is 10.1 Å². The zero-order valence-corrected chi connectivity index (χ0v) is 11.5. The molecule has 0 aliphatic carbocycles. The van der Waals surface area contributed by atoms with E-state index < -0.39 is 5.92 Å². The van der Waals surface area contributed by atoms with Gasteiger partial charge in [0, 0.05) is 6.42 Å². The second-order valence-corrected chi connectivity index (χ2v) is 4.83. The summed E-state index contributed by atoms with van der Waals surface area (Å²) in [6.45, 7) is 6.15. The molecule has 0 radical (unpaired) electrons. The highest BCUT2D eigenvalue weighted by molar-refractivity contribution is 5.88. The van der Waals surface area contributed by atoms with Crippen molar-refractivity contribution < 1.29 is 4.79 Å². The number of unbranched alkanes of at least 4 members (excludes halogenated alkanes) is 2. The van der Waals surface area contributed by atoms with Crippen LogP contribution in [0.2, 0.25) is 0 Å². The lowest BCUT2D eigenvalue weighted by atomic mass is 9.91. The number of rotatable bonds is 6. The van der Waals surface area contributed by atoms with Crippen LogP contribution in [0.25, 0.3) is 0 Å². The Kier molecular flexibility index (Phi) is 5.58. The Morgan fingerprint density at radius 3 is 2.56 bits per heavy atom. The molecule has 18 heavy (non-hydrogen) atoms. The Balaban J connectivity index is 2.80. The van der Waals surface area contributed by atoms with Gasteiger partial charge < -0.3 is 0 Å². The lowest BCUT2D eigenvalue weighted by Crippen LogP contribution is -2.11. The fourth-order valence-corrected chi connectivity index (χ4v) is 1.97. The van der Waals surface area contributed by atoms with E-state index in [1.807, 2.05) is 32.0 Å². The normalized spacial score (nSPS) is 11.9. The average Bonchev–Trinajstić information content (AvgIpc) is 2.35. The van der Waals surface area contributed by atoms with E-state index in [4.69, 9.17) is 0 Å². The molecule has 0 spiro atoms. The third kappa shape index (κ3) is 3.70. The van der Waals surface area contributed by atoms with Crippen LogP contribution in [0.4, 0.5) is 0 Å². The Morgan fingerprint density at radius 1 is 1.28 bits per heavy atom. The van der Waals surface area contributed by atoms with Crippen molar-refractivity contribution in [2.75, 3.05) is 0 Å². The summed E-state index contributed by atoms with van der Waals surface area (Å²) < 4.78 is 0. The summed E-state index contributed by atoms with van der Waals surface area (Å²) in [5.41, 5.74) is 3.16. The highest BCUT2D eigenvalue weighted by atomic mass is 16.1. The van der Waals surface area contributed by atoms with Crippen LogP contribution >= 0.6 is 0 Å². The minimum Gasteiger partial charge on any atom is -0.298 e. The van der Waals surface area contributed by atoms with E-state index in [0.717, 1.165) is 30.4 Å². The van der Waals surface area contributed by atoms with Gasteiger partial charge in [-0.15, -0.1) is 0 Å². The lowest BCUT2D eigenvalue weighted by molar-refractivity contribution is -0.119. The smallest absolute Gasteiger partial charge is 0.154 e. The molecule has 1 unspecified atom stereocenters. The van der Waals surface area contributed by atoms with E-state index in [1.165, 1.54) is 5.56 Å². The zero-order valence-electron chi connectivity index (χ0n) is 11.5. The van der Waals surface area contributed by atoms with Gasteiger partial charge in [-0.2, -0.15) is 5.26 Å². The van der Waals surface area contributed by atoms with Crippen LogP contribution in [0.15, 0.2) is 18.2 Å². The van der Waals surface area contributed by atoms with Crippen molar-refractivity contribution in [3.63, 3.8) is 0 Å². The molecule has 0 fully saturated rings. The largest absolute Gasteiger partial charge is 0.298 e. The molecule has 0 saturated heterocycles. The van der Waals surface area contributed by atoms with Crippen molar-refractivity contribution in [1.82, 2.24) is 0 Å². The number of hydrogen-bond donors (Lipinski definition) is 0. The average molecular weight is 243 g/mol. The molecule has 2 heteroatoms. The van der Waals surface area contributed by atoms with Gasteiger partial charge in [-0.1, -0.05) is 38.0 Å². The van der Waals surface area contributed by atoms with Crippen LogP contribution in [-0.4, -0.2) is 5.78 Å². The van der Waals surface area contributed by atoms with Gasteiger partial charge in [0.2, 0.25) is 0 Å². The summed E-state index contributed by atoms with van der Waals surface area (Å²) in [7, 11) is 0. The molecular weight excluding hydrogens is 222 g/mol. The molecule has 1 aromatic rings. The summed E-state index contributed by atoms with van der Waals surface area (Å²) in [6.07, 6.45) is 3.54. The van der Waals surface area contributed by atoms with Crippen molar-refractivity contribution in [1.29, 1.82) is 5.26 Å². The number of Topliss-reactive ketones (excluding diaryl/α,β-unsaturated/α-hetero) is 1. The van der Waals surface area contributed by atoms with Crippen LogP contribution < -0.4 is 0 Å². The maximum absolute atomic E-state index is 12.0. The monoisotopic (exact) mass is 243 g/mol. The first kappa shape index (κ1) is 14.4. The van der Waals surface area contributed by atoms with E-state index in [1.54, 1.807) is 0 Å². The Hall–Kier alpha value is -1.62. The summed E-state index contributed by atoms with van der Waals surface area (Å²) in [4.78, 5) is 12.0. The first-order valence-corrected chi connectivity index (χ1v) is 6.59. The number of aryl methyl sites for hydroxylation is 2. The fraction of sp³-hybridized carbons (Fsp3) is 0.500. The SMILES string of the molecule is CCCCCC(=O)C(C#N)c1ccc(C)c(C)c1. The Labute approximate surface area is 110 Å². The van der Waals surface area contributed by atoms with Crippen LogP contribution in [0.3, 0.4) is 0 Å². The number of carbonyl (C=O) groups is 1. The quantitative estimate of drug-likeness (QED) is 0.707. The van der Waals surface area contributed by atoms with E-state index in [-0.39, 0.29) is 5.78 Å². The summed E-state index contributed by atoms with van der Waals surface area (Å²) in [5.74, 6) is -0.546. The molecule has 96 valence electrons. The third-order valence-corrected chi connectivity index (χ3v) is 3.34. The van der Waals surface area contributed by atoms with Crippen molar-refractivity contribution in [3.05, 3.63) is 34.9 Å². The number of benzene rings is 1. The summed E-state index contributed by atoms with van der Waals surface area (Å²) in [5, 5.41) is 9.20. The highest BCUT2D eigenvalue weighted by Crippen LogP contribution is 2.21. The summed E-state index contributed by atoms with van der Waals surface area (Å²) >= 11 is 0. The first-order chi connectivity index (χ1) is 8.60. The van der Waals surface area contributed by atoms with Gasteiger partial charge in [0.25, 0.3) is 0 Å². The number of nitrogens with zero attached hydrogens (tertiary/aromatic N) is 1. The van der Waals surface area contributed by atoms with Crippen LogP contribution in [0, 0.1) is 25.2 Å². The molecule has 2 nitrogen and oxygen atoms in total. The summed E-state index contributed by atoms with van der Waals surface area (Å²) in [6, 6.07) is 7.98. The second kappa shape index (κ2) is 6.96. The van der Waals surface area contributed by atoms with Gasteiger partial charge in [0.05, 0.1) is 6.07 Å². The van der Waals surface area contributed by atoms with Gasteiger partial charge >= 0.3 is 0 Å². The molecule has 0 saturated carbocycles. The standard InChI is InChI=1S/C16H21NO/c1-4-5-6-7-16(18)15(11-17)14-9-8-12(2)13(3)10-14/h8-10,15H,4-7H2,1-3H3. The molecule has 1 aromatic carbocycles. The van der Waals surface area contributed by atoms with Crippen molar-refractivity contribution in [2.24, 2.45) is 0 Å². The zero-order chi connectivity index (χ0) is 13.5. The molecule has 0 aromatic heterocycles. The minimum atomic E-state index is -0.596. The van der Waals surface area contributed by atoms with Crippen molar-refractivity contribution in [2.45, 2.75) is 52.4 Å². The highest BCUT2D eigenvalue weighted by Gasteiger charge is 2.19. The topological polar surface area (TPSA) is 40.9 Å². The minimum absolute atomic E-state index is 0.0502. The van der Waals surface area contributed by atoms with Gasteiger partial charge in [-0.3, -0.25) is 4.79 Å². The predicted octanol–water partition coefficient (Wildman–Crippen LogP) is 4.06. The predicted molar refractivity (Wildman–Crippen MR) is 73.4 cm³/mol.